The van der Waals surface area contributed by atoms with Gasteiger partial charge in [-0.05, 0) is 127 Å². The minimum absolute atomic E-state index is 0.668. The summed E-state index contributed by atoms with van der Waals surface area (Å²) in [5, 5.41) is 11.5. The van der Waals surface area contributed by atoms with Gasteiger partial charge < -0.3 is 4.57 Å². The Bertz CT molecular complexity index is 4020. The van der Waals surface area contributed by atoms with Gasteiger partial charge in [-0.1, -0.05) is 140 Å². The van der Waals surface area contributed by atoms with E-state index < -0.39 is 11.7 Å². The van der Waals surface area contributed by atoms with E-state index in [1.807, 2.05) is 53.8 Å². The molecule has 3 heterocycles. The second-order valence-corrected chi connectivity index (χ2v) is 18.1. The molecule has 10 aromatic carbocycles. The van der Waals surface area contributed by atoms with Crippen LogP contribution in [0.1, 0.15) is 5.56 Å². The first-order chi connectivity index (χ1) is 32.3. The molecule has 13 aromatic rings. The first kappa shape index (κ1) is 38.4. The summed E-state index contributed by atoms with van der Waals surface area (Å²) in [7, 11) is 0. The average Bonchev–Trinajstić information content (AvgIpc) is 3.90. The molecule has 312 valence electrons. The van der Waals surface area contributed by atoms with E-state index in [4.69, 9.17) is 4.98 Å². The van der Waals surface area contributed by atoms with Crippen molar-refractivity contribution in [3.8, 4) is 50.5 Å². The molecule has 0 bridgehead atoms. The minimum atomic E-state index is -4.42. The largest absolute Gasteiger partial charge is 0.416 e. The Morgan fingerprint density at radius 2 is 0.818 bits per heavy atom. The second-order valence-electron chi connectivity index (χ2n) is 17.0. The first-order valence-electron chi connectivity index (χ1n) is 21.9. The third kappa shape index (κ3) is 6.21. The molecule has 6 heteroatoms. The number of aromatic nitrogens is 2. The molecule has 0 amide bonds. The summed E-state index contributed by atoms with van der Waals surface area (Å²) in [6.45, 7) is 0. The van der Waals surface area contributed by atoms with Crippen molar-refractivity contribution in [1.82, 2.24) is 9.55 Å². The Kier molecular flexibility index (Phi) is 8.58. The SMILES string of the molecule is FC(F)(F)c1ccc(-c2ccc3c(c2)c2cc4c5cc(-c6ccc7sc8ccccc8c7c6)ccc5c5ccccc5c4cc2n3-c2cc(-c3ccccc3)nc(-c3ccccc3)c2)cc1. The van der Waals surface area contributed by atoms with E-state index in [-0.39, 0.29) is 0 Å². The third-order valence-electron chi connectivity index (χ3n) is 13.2. The van der Waals surface area contributed by atoms with Gasteiger partial charge in [0.15, 0.2) is 0 Å². The van der Waals surface area contributed by atoms with Gasteiger partial charge >= 0.3 is 6.18 Å². The zero-order valence-corrected chi connectivity index (χ0v) is 36.0. The molecule has 66 heavy (non-hydrogen) atoms. The second kappa shape index (κ2) is 14.7. The smallest absolute Gasteiger partial charge is 0.309 e. The Labute approximate surface area is 381 Å². The molecule has 0 aliphatic heterocycles. The fourth-order valence-corrected chi connectivity index (χ4v) is 11.1. The van der Waals surface area contributed by atoms with E-state index in [0.717, 1.165) is 100 Å². The third-order valence-corrected chi connectivity index (χ3v) is 14.3. The lowest BCUT2D eigenvalue weighted by Gasteiger charge is -2.15. The maximum Gasteiger partial charge on any atom is 0.416 e. The molecule has 0 radical (unpaired) electrons. The Morgan fingerprint density at radius 3 is 1.52 bits per heavy atom. The highest BCUT2D eigenvalue weighted by atomic mass is 32.1. The van der Waals surface area contributed by atoms with Crippen LogP contribution in [-0.4, -0.2) is 9.55 Å². The van der Waals surface area contributed by atoms with Crippen LogP contribution in [0.2, 0.25) is 0 Å². The fraction of sp³-hybridized carbons (Fsp3) is 0.0167. The summed E-state index contributed by atoms with van der Waals surface area (Å²) in [4.78, 5) is 5.22. The standard InChI is InChI=1S/C60H35F3N2S/c61-60(62,63)42-24-19-36(20-25-42)39-22-27-56-51(30-39)52-34-49-48-29-40(41-23-28-59-53(31-41)47-17-9-10-18-58(47)66-59)21-26-46(48)44-15-7-8-16-45(44)50(49)35-57(52)65(56)43-32-54(37-11-3-1-4-12-37)64-55(33-43)38-13-5-2-6-14-38/h1-35H. The van der Waals surface area contributed by atoms with Crippen molar-refractivity contribution in [2.24, 2.45) is 0 Å². The van der Waals surface area contributed by atoms with Crippen LogP contribution in [0, 0.1) is 0 Å². The molecule has 2 nitrogen and oxygen atoms in total. The molecule has 0 aliphatic carbocycles. The van der Waals surface area contributed by atoms with E-state index in [2.05, 4.69) is 150 Å². The summed E-state index contributed by atoms with van der Waals surface area (Å²) in [6.07, 6.45) is -4.42. The number of nitrogens with zero attached hydrogens (tertiary/aromatic N) is 2. The highest BCUT2D eigenvalue weighted by Gasteiger charge is 2.30. The fourth-order valence-electron chi connectivity index (χ4n) is 10.0. The van der Waals surface area contributed by atoms with E-state index in [0.29, 0.717) is 5.56 Å². The van der Waals surface area contributed by atoms with Crippen LogP contribution in [0.5, 0.6) is 0 Å². The maximum absolute atomic E-state index is 13.7. The molecule has 0 saturated carbocycles. The van der Waals surface area contributed by atoms with Crippen LogP contribution in [0.3, 0.4) is 0 Å². The van der Waals surface area contributed by atoms with E-state index in [1.54, 1.807) is 12.1 Å². The van der Waals surface area contributed by atoms with Gasteiger partial charge in [-0.3, -0.25) is 0 Å². The topological polar surface area (TPSA) is 17.8 Å². The van der Waals surface area contributed by atoms with Crippen LogP contribution in [-0.2, 0) is 6.18 Å². The van der Waals surface area contributed by atoms with Gasteiger partial charge in [0.2, 0.25) is 0 Å². The monoisotopic (exact) mass is 872 g/mol. The number of rotatable bonds is 5. The molecule has 0 fully saturated rings. The Hall–Kier alpha value is -8.06. The van der Waals surface area contributed by atoms with Crippen molar-refractivity contribution < 1.29 is 13.2 Å². The Morgan fingerprint density at radius 1 is 0.333 bits per heavy atom. The number of hydrogen-bond acceptors (Lipinski definition) is 2. The van der Waals surface area contributed by atoms with Crippen molar-refractivity contribution >= 4 is 85.6 Å². The molecular weight excluding hydrogens is 838 g/mol. The Balaban J connectivity index is 1.11. The maximum atomic E-state index is 13.7. The molecule has 0 unspecified atom stereocenters. The molecule has 13 rings (SSSR count). The molecule has 0 saturated heterocycles. The number of fused-ring (bicyclic) bond motifs is 12. The number of thiophene rings is 1. The average molecular weight is 873 g/mol. The van der Waals surface area contributed by atoms with Crippen molar-refractivity contribution in [2.75, 3.05) is 0 Å². The number of benzene rings is 10. The number of pyridine rings is 1. The van der Waals surface area contributed by atoms with Gasteiger partial charge in [0.25, 0.3) is 0 Å². The summed E-state index contributed by atoms with van der Waals surface area (Å²) in [6, 6.07) is 72.2. The lowest BCUT2D eigenvalue weighted by molar-refractivity contribution is -0.137. The summed E-state index contributed by atoms with van der Waals surface area (Å²) in [5.41, 5.74) is 9.84. The van der Waals surface area contributed by atoms with Crippen LogP contribution in [0.25, 0.3) is 125 Å². The summed E-state index contributed by atoms with van der Waals surface area (Å²) >= 11 is 1.82. The van der Waals surface area contributed by atoms with Crippen molar-refractivity contribution in [1.29, 1.82) is 0 Å². The van der Waals surface area contributed by atoms with Gasteiger partial charge in [0, 0.05) is 42.1 Å². The molecule has 0 atom stereocenters. The van der Waals surface area contributed by atoms with Crippen LogP contribution < -0.4 is 0 Å². The van der Waals surface area contributed by atoms with Crippen LogP contribution >= 0.6 is 11.3 Å². The lowest BCUT2D eigenvalue weighted by atomic mass is 9.91. The quantitative estimate of drug-likeness (QED) is 0.158. The molecule has 0 N–H and O–H groups in total. The lowest BCUT2D eigenvalue weighted by Crippen LogP contribution is -2.03. The summed E-state index contributed by atoms with van der Waals surface area (Å²) in [5.74, 6) is 0. The predicted molar refractivity (Wildman–Crippen MR) is 271 cm³/mol. The highest BCUT2D eigenvalue weighted by Crippen LogP contribution is 2.44. The van der Waals surface area contributed by atoms with Gasteiger partial charge in [0.1, 0.15) is 0 Å². The number of halogens is 3. The van der Waals surface area contributed by atoms with Crippen LogP contribution in [0.15, 0.2) is 212 Å². The van der Waals surface area contributed by atoms with Crippen molar-refractivity contribution in [3.63, 3.8) is 0 Å². The molecular formula is C60H35F3N2S. The summed E-state index contributed by atoms with van der Waals surface area (Å²) < 4.78 is 46.0. The van der Waals surface area contributed by atoms with E-state index in [1.165, 1.54) is 30.9 Å². The molecule has 0 aliphatic rings. The minimum Gasteiger partial charge on any atom is -0.309 e. The predicted octanol–water partition coefficient (Wildman–Crippen LogP) is 17.7. The van der Waals surface area contributed by atoms with Crippen molar-refractivity contribution in [3.05, 3.63) is 218 Å². The van der Waals surface area contributed by atoms with E-state index in [9.17, 15) is 13.2 Å². The van der Waals surface area contributed by atoms with Gasteiger partial charge in [-0.2, -0.15) is 13.2 Å². The molecule has 0 spiro atoms. The zero-order chi connectivity index (χ0) is 44.1. The first-order valence-corrected chi connectivity index (χ1v) is 22.7. The normalized spacial score (nSPS) is 12.2. The highest BCUT2D eigenvalue weighted by molar-refractivity contribution is 7.25. The van der Waals surface area contributed by atoms with Gasteiger partial charge in [-0.25, -0.2) is 4.98 Å². The van der Waals surface area contributed by atoms with Gasteiger partial charge in [-0.15, -0.1) is 11.3 Å². The van der Waals surface area contributed by atoms with Crippen LogP contribution in [0.4, 0.5) is 13.2 Å². The van der Waals surface area contributed by atoms with Crippen molar-refractivity contribution in [2.45, 2.75) is 6.18 Å². The molecule has 3 aromatic heterocycles. The van der Waals surface area contributed by atoms with Gasteiger partial charge in [0.05, 0.1) is 33.7 Å². The van der Waals surface area contributed by atoms with E-state index >= 15 is 0 Å². The number of hydrogen-bond donors (Lipinski definition) is 0. The number of alkyl halides is 3. The zero-order valence-electron chi connectivity index (χ0n) is 35.1.